The minimum absolute atomic E-state index is 0.0296. The van der Waals surface area contributed by atoms with Crippen molar-refractivity contribution in [2.24, 2.45) is 16.6 Å². The van der Waals surface area contributed by atoms with E-state index < -0.39 is 53.9 Å². The summed E-state index contributed by atoms with van der Waals surface area (Å²) >= 11 is 0. The fourth-order valence-corrected chi connectivity index (χ4v) is 4.76. The molecule has 2 heterocycles. The van der Waals surface area contributed by atoms with E-state index in [1.807, 2.05) is 0 Å². The molecule has 3 aromatic carbocycles. The third-order valence-electron chi connectivity index (χ3n) is 6.77. The summed E-state index contributed by atoms with van der Waals surface area (Å²) < 4.78 is 64.1. The molecule has 42 heavy (non-hydrogen) atoms. The number of benzodiazepines with no additional fused rings is 1. The third-order valence-corrected chi connectivity index (χ3v) is 6.77. The van der Waals surface area contributed by atoms with Crippen LogP contribution in [0, 0.1) is 11.7 Å². The molecule has 0 spiro atoms. The van der Waals surface area contributed by atoms with Gasteiger partial charge in [-0.25, -0.2) is 9.38 Å². The van der Waals surface area contributed by atoms with Gasteiger partial charge < -0.3 is 20.5 Å². The quantitative estimate of drug-likeness (QED) is 0.411. The number of fused-ring (bicyclic) bond motifs is 2. The van der Waals surface area contributed by atoms with Gasteiger partial charge >= 0.3 is 6.18 Å². The molecule has 9 nitrogen and oxygen atoms in total. The van der Waals surface area contributed by atoms with Gasteiger partial charge in [0, 0.05) is 17.0 Å². The van der Waals surface area contributed by atoms with E-state index in [-0.39, 0.29) is 18.8 Å². The standard InChI is InChI=1S/C29H24F4N4O5/c1-15(10-16-6-8-20(30)19(11-16)29(31,32)33)27(39)36-26-28(40)37(13-24(34)38)21-5-3-2-4-18(21)25(35-26)17-7-9-22-23(12-17)42-14-41-22/h2-9,11-12,15,26H,10,13-14H2,1H3,(H2,34,38)(H,36,39)/t15-,26?/m0/s1. The van der Waals surface area contributed by atoms with Crippen molar-refractivity contribution in [3.8, 4) is 11.5 Å². The molecule has 218 valence electrons. The lowest BCUT2D eigenvalue weighted by Gasteiger charge is -2.24. The molecule has 3 amide bonds. The normalized spacial score (nSPS) is 16.8. The second kappa shape index (κ2) is 11.1. The molecule has 0 aromatic heterocycles. The summed E-state index contributed by atoms with van der Waals surface area (Å²) in [6.07, 6.45) is -6.61. The number of rotatable bonds is 7. The number of para-hydroxylation sites is 1. The van der Waals surface area contributed by atoms with Crippen LogP contribution in [0.4, 0.5) is 23.2 Å². The lowest BCUT2D eigenvalue weighted by Crippen LogP contribution is -2.50. The van der Waals surface area contributed by atoms with Gasteiger partial charge in [0.15, 0.2) is 11.5 Å². The molecule has 3 N–H and O–H groups in total. The Hall–Kier alpha value is -4.94. The Morgan fingerprint density at radius 2 is 1.83 bits per heavy atom. The molecule has 2 atom stereocenters. The Morgan fingerprint density at radius 1 is 1.10 bits per heavy atom. The summed E-state index contributed by atoms with van der Waals surface area (Å²) in [5.41, 5.74) is 5.70. The number of aliphatic imine (C=N–C) groups is 1. The minimum atomic E-state index is -4.91. The third kappa shape index (κ3) is 5.76. The van der Waals surface area contributed by atoms with Gasteiger partial charge in [0.05, 0.1) is 17.0 Å². The van der Waals surface area contributed by atoms with E-state index in [1.54, 1.807) is 42.5 Å². The number of nitrogens with two attached hydrogens (primary N) is 1. The van der Waals surface area contributed by atoms with Crippen molar-refractivity contribution in [3.05, 3.63) is 88.7 Å². The number of benzene rings is 3. The molecule has 0 fully saturated rings. The van der Waals surface area contributed by atoms with E-state index in [0.29, 0.717) is 46.2 Å². The number of primary amides is 1. The Morgan fingerprint density at radius 3 is 2.57 bits per heavy atom. The van der Waals surface area contributed by atoms with Crippen LogP contribution in [0.25, 0.3) is 0 Å². The van der Waals surface area contributed by atoms with Crippen molar-refractivity contribution >= 4 is 29.1 Å². The van der Waals surface area contributed by atoms with Crippen LogP contribution >= 0.6 is 0 Å². The first-order valence-corrected chi connectivity index (χ1v) is 12.7. The molecule has 2 aliphatic rings. The van der Waals surface area contributed by atoms with Gasteiger partial charge in [-0.1, -0.05) is 31.2 Å². The van der Waals surface area contributed by atoms with Gasteiger partial charge in [-0.05, 0) is 48.4 Å². The van der Waals surface area contributed by atoms with Gasteiger partial charge in [-0.2, -0.15) is 13.2 Å². The van der Waals surface area contributed by atoms with Crippen molar-refractivity contribution in [1.82, 2.24) is 5.32 Å². The van der Waals surface area contributed by atoms with Crippen LogP contribution in [0.15, 0.2) is 65.7 Å². The summed E-state index contributed by atoms with van der Waals surface area (Å²) in [5.74, 6) is -3.66. The largest absolute Gasteiger partial charge is 0.454 e. The molecular weight excluding hydrogens is 560 g/mol. The molecule has 0 radical (unpaired) electrons. The second-order valence-corrected chi connectivity index (χ2v) is 9.78. The zero-order valence-electron chi connectivity index (χ0n) is 22.1. The fourth-order valence-electron chi connectivity index (χ4n) is 4.76. The van der Waals surface area contributed by atoms with Crippen molar-refractivity contribution in [3.63, 3.8) is 0 Å². The number of nitrogens with one attached hydrogen (secondary N) is 1. The number of hydrogen-bond donors (Lipinski definition) is 2. The number of carbonyl (C=O) groups is 3. The summed E-state index contributed by atoms with van der Waals surface area (Å²) in [6.45, 7) is 0.977. The Kier molecular flexibility index (Phi) is 7.59. The monoisotopic (exact) mass is 584 g/mol. The maximum atomic E-state index is 13.7. The van der Waals surface area contributed by atoms with Crippen LogP contribution in [0.1, 0.15) is 29.2 Å². The van der Waals surface area contributed by atoms with E-state index in [9.17, 15) is 31.9 Å². The van der Waals surface area contributed by atoms with Crippen molar-refractivity contribution in [2.45, 2.75) is 25.7 Å². The van der Waals surface area contributed by atoms with Gasteiger partial charge in [-0.3, -0.25) is 19.3 Å². The molecule has 0 bridgehead atoms. The minimum Gasteiger partial charge on any atom is -0.454 e. The van der Waals surface area contributed by atoms with Crippen molar-refractivity contribution in [1.29, 1.82) is 0 Å². The van der Waals surface area contributed by atoms with Crippen LogP contribution in [0.3, 0.4) is 0 Å². The Balaban J connectivity index is 1.49. The van der Waals surface area contributed by atoms with E-state index in [0.717, 1.165) is 11.0 Å². The molecule has 5 rings (SSSR count). The van der Waals surface area contributed by atoms with E-state index >= 15 is 0 Å². The van der Waals surface area contributed by atoms with Gasteiger partial charge in [0.1, 0.15) is 12.4 Å². The number of alkyl halides is 3. The predicted octanol–water partition coefficient (Wildman–Crippen LogP) is 3.56. The average Bonchev–Trinajstić information content (AvgIpc) is 3.38. The smallest absolute Gasteiger partial charge is 0.419 e. The average molecular weight is 585 g/mol. The van der Waals surface area contributed by atoms with Crippen LogP contribution in [-0.4, -0.2) is 42.9 Å². The SMILES string of the molecule is C[C@@H](Cc1ccc(F)c(C(F)(F)F)c1)C(=O)NC1N=C(c2ccc3c(c2)OCO3)c2ccccc2N(CC(N)=O)C1=O. The highest BCUT2D eigenvalue weighted by atomic mass is 19.4. The van der Waals surface area contributed by atoms with Crippen molar-refractivity contribution in [2.75, 3.05) is 18.2 Å². The Bertz CT molecular complexity index is 1610. The number of hydrogen-bond acceptors (Lipinski definition) is 6. The van der Waals surface area contributed by atoms with Gasteiger partial charge in [0.2, 0.25) is 24.8 Å². The number of nitrogens with zero attached hydrogens (tertiary/aromatic N) is 2. The fraction of sp³-hybridized carbons (Fsp3) is 0.241. The molecule has 0 saturated heterocycles. The maximum absolute atomic E-state index is 13.7. The number of anilines is 1. The number of amides is 3. The number of halogens is 4. The Labute approximate surface area is 236 Å². The highest BCUT2D eigenvalue weighted by molar-refractivity contribution is 6.21. The van der Waals surface area contributed by atoms with Crippen LogP contribution in [-0.2, 0) is 27.0 Å². The molecule has 13 heteroatoms. The lowest BCUT2D eigenvalue weighted by atomic mass is 9.98. The maximum Gasteiger partial charge on any atom is 0.419 e. The summed E-state index contributed by atoms with van der Waals surface area (Å²) in [7, 11) is 0. The van der Waals surface area contributed by atoms with E-state index in [2.05, 4.69) is 10.3 Å². The summed E-state index contributed by atoms with van der Waals surface area (Å²) in [5, 5.41) is 2.55. The van der Waals surface area contributed by atoms with Crippen molar-refractivity contribution < 1.29 is 41.4 Å². The van der Waals surface area contributed by atoms with E-state index in [1.165, 1.54) is 6.92 Å². The highest BCUT2D eigenvalue weighted by Gasteiger charge is 2.36. The molecule has 1 unspecified atom stereocenters. The van der Waals surface area contributed by atoms with Crippen LogP contribution in [0.5, 0.6) is 11.5 Å². The molecule has 0 aliphatic carbocycles. The first kappa shape index (κ1) is 28.6. The number of carbonyl (C=O) groups excluding carboxylic acids is 3. The zero-order valence-corrected chi connectivity index (χ0v) is 22.1. The topological polar surface area (TPSA) is 123 Å². The number of ether oxygens (including phenoxy) is 2. The van der Waals surface area contributed by atoms with E-state index in [4.69, 9.17) is 15.2 Å². The second-order valence-electron chi connectivity index (χ2n) is 9.78. The molecular formula is C29H24F4N4O5. The molecule has 2 aliphatic heterocycles. The molecule has 0 saturated carbocycles. The first-order valence-electron chi connectivity index (χ1n) is 12.7. The lowest BCUT2D eigenvalue weighted by molar-refractivity contribution is -0.140. The predicted molar refractivity (Wildman–Crippen MR) is 142 cm³/mol. The van der Waals surface area contributed by atoms with Gasteiger partial charge in [0.25, 0.3) is 5.91 Å². The first-order chi connectivity index (χ1) is 19.9. The molecule has 3 aromatic rings. The summed E-state index contributed by atoms with van der Waals surface area (Å²) in [6, 6.07) is 14.2. The van der Waals surface area contributed by atoms with Crippen LogP contribution in [0.2, 0.25) is 0 Å². The summed E-state index contributed by atoms with van der Waals surface area (Å²) in [4.78, 5) is 44.6. The van der Waals surface area contributed by atoms with Gasteiger partial charge in [-0.15, -0.1) is 0 Å². The van der Waals surface area contributed by atoms with Crippen LogP contribution < -0.4 is 25.4 Å². The zero-order chi connectivity index (χ0) is 30.2. The highest BCUT2D eigenvalue weighted by Crippen LogP contribution is 2.36.